The topological polar surface area (TPSA) is 40.2 Å². The molecule has 1 saturated heterocycles. The van der Waals surface area contributed by atoms with E-state index in [1.807, 2.05) is 18.3 Å². The summed E-state index contributed by atoms with van der Waals surface area (Å²) in [5, 5.41) is 0. The number of thiocarbonyl (C=S) groups is 1. The van der Waals surface area contributed by atoms with Gasteiger partial charge >= 0.3 is 0 Å². The van der Waals surface area contributed by atoms with Crippen LogP contribution in [0.4, 0.5) is 0 Å². The smallest absolute Gasteiger partial charge is 0.120 e. The monoisotopic (exact) mass is 264 g/mol. The van der Waals surface area contributed by atoms with Crippen molar-refractivity contribution in [2.75, 3.05) is 0 Å². The standard InChI is InChI=1S/C14H20N2OS/c15-13(18)12-4-3-9-16(12)10-11-5-8-14(17-11)6-1-2-7-14/h3-4,9,11H,1-2,5-8,10H2,(H2,15,18). The summed E-state index contributed by atoms with van der Waals surface area (Å²) >= 11 is 5.06. The van der Waals surface area contributed by atoms with E-state index in [1.165, 1.54) is 32.1 Å². The fourth-order valence-electron chi connectivity index (χ4n) is 3.43. The molecule has 2 heterocycles. The predicted molar refractivity (Wildman–Crippen MR) is 75.6 cm³/mol. The quantitative estimate of drug-likeness (QED) is 0.853. The highest BCUT2D eigenvalue weighted by Crippen LogP contribution is 2.43. The minimum atomic E-state index is 0.210. The Morgan fingerprint density at radius 2 is 2.22 bits per heavy atom. The zero-order valence-electron chi connectivity index (χ0n) is 10.6. The first kappa shape index (κ1) is 12.2. The van der Waals surface area contributed by atoms with Crippen molar-refractivity contribution in [1.82, 2.24) is 4.57 Å². The van der Waals surface area contributed by atoms with Crippen LogP contribution in [0.3, 0.4) is 0 Å². The summed E-state index contributed by atoms with van der Waals surface area (Å²) in [7, 11) is 0. The lowest BCUT2D eigenvalue weighted by Crippen LogP contribution is -2.27. The predicted octanol–water partition coefficient (Wildman–Crippen LogP) is 2.61. The molecule has 1 aliphatic heterocycles. The normalized spacial score (nSPS) is 25.9. The highest BCUT2D eigenvalue weighted by atomic mass is 32.1. The lowest BCUT2D eigenvalue weighted by Gasteiger charge is -2.24. The molecule has 2 N–H and O–H groups in total. The van der Waals surface area contributed by atoms with Gasteiger partial charge in [0.25, 0.3) is 0 Å². The Bertz CT molecular complexity index is 448. The van der Waals surface area contributed by atoms with Crippen LogP contribution in [0.5, 0.6) is 0 Å². The second-order valence-corrected chi connectivity index (χ2v) is 6.02. The third-order valence-electron chi connectivity index (χ3n) is 4.34. The van der Waals surface area contributed by atoms with Gasteiger partial charge in [0.05, 0.1) is 17.4 Å². The third kappa shape index (κ3) is 2.19. The summed E-state index contributed by atoms with van der Waals surface area (Å²) in [6.45, 7) is 0.876. The molecule has 1 unspecified atom stereocenters. The molecule has 3 rings (SSSR count). The molecule has 0 radical (unpaired) electrons. The highest BCUT2D eigenvalue weighted by molar-refractivity contribution is 7.80. The van der Waals surface area contributed by atoms with E-state index in [2.05, 4.69) is 4.57 Å². The number of aromatic nitrogens is 1. The number of ether oxygens (including phenoxy) is 1. The SMILES string of the molecule is NC(=S)c1cccn1CC1CCC2(CCCC2)O1. The van der Waals surface area contributed by atoms with Crippen LogP contribution in [0, 0.1) is 0 Å². The second kappa shape index (κ2) is 4.67. The summed E-state index contributed by atoms with van der Waals surface area (Å²) in [5.41, 5.74) is 6.87. The molecule has 1 spiro atoms. The fourth-order valence-corrected chi connectivity index (χ4v) is 3.61. The molecule has 0 aromatic carbocycles. The van der Waals surface area contributed by atoms with E-state index >= 15 is 0 Å². The number of nitrogens with zero attached hydrogens (tertiary/aromatic N) is 1. The molecule has 0 bridgehead atoms. The Hall–Kier alpha value is -0.870. The Balaban J connectivity index is 1.67. The Labute approximate surface area is 113 Å². The van der Waals surface area contributed by atoms with Crippen LogP contribution < -0.4 is 5.73 Å². The molecule has 1 aliphatic carbocycles. The van der Waals surface area contributed by atoms with Crippen molar-refractivity contribution >= 4 is 17.2 Å². The zero-order valence-corrected chi connectivity index (χ0v) is 11.4. The minimum Gasteiger partial charge on any atom is -0.388 e. The van der Waals surface area contributed by atoms with Crippen LogP contribution in [0.15, 0.2) is 18.3 Å². The first-order valence-electron chi connectivity index (χ1n) is 6.81. The van der Waals surface area contributed by atoms with Crippen LogP contribution in [0.2, 0.25) is 0 Å². The molecule has 2 fully saturated rings. The minimum absolute atomic E-state index is 0.210. The maximum atomic E-state index is 6.31. The maximum Gasteiger partial charge on any atom is 0.120 e. The summed E-state index contributed by atoms with van der Waals surface area (Å²) in [5.74, 6) is 0. The van der Waals surface area contributed by atoms with Gasteiger partial charge < -0.3 is 15.0 Å². The van der Waals surface area contributed by atoms with Crippen LogP contribution >= 0.6 is 12.2 Å². The van der Waals surface area contributed by atoms with Gasteiger partial charge in [0, 0.05) is 12.7 Å². The van der Waals surface area contributed by atoms with Crippen molar-refractivity contribution in [1.29, 1.82) is 0 Å². The van der Waals surface area contributed by atoms with Gasteiger partial charge in [-0.2, -0.15) is 0 Å². The lowest BCUT2D eigenvalue weighted by molar-refractivity contribution is -0.0418. The van der Waals surface area contributed by atoms with Gasteiger partial charge in [0.15, 0.2) is 0 Å². The van der Waals surface area contributed by atoms with Gasteiger partial charge in [0.1, 0.15) is 4.99 Å². The van der Waals surface area contributed by atoms with Gasteiger partial charge in [-0.3, -0.25) is 0 Å². The molecule has 4 heteroatoms. The van der Waals surface area contributed by atoms with Crippen LogP contribution in [0.25, 0.3) is 0 Å². The van der Waals surface area contributed by atoms with Gasteiger partial charge in [0.2, 0.25) is 0 Å². The third-order valence-corrected chi connectivity index (χ3v) is 4.54. The van der Waals surface area contributed by atoms with E-state index in [0.717, 1.165) is 18.7 Å². The highest BCUT2D eigenvalue weighted by Gasteiger charge is 2.42. The van der Waals surface area contributed by atoms with Crippen LogP contribution in [-0.2, 0) is 11.3 Å². The molecule has 3 nitrogen and oxygen atoms in total. The van der Waals surface area contributed by atoms with Crippen molar-refractivity contribution in [3.8, 4) is 0 Å². The number of hydrogen-bond donors (Lipinski definition) is 1. The van der Waals surface area contributed by atoms with Gasteiger partial charge in [-0.05, 0) is 37.8 Å². The van der Waals surface area contributed by atoms with E-state index in [1.54, 1.807) is 0 Å². The molecule has 18 heavy (non-hydrogen) atoms. The maximum absolute atomic E-state index is 6.31. The Morgan fingerprint density at radius 3 is 2.94 bits per heavy atom. The molecular weight excluding hydrogens is 244 g/mol. The van der Waals surface area contributed by atoms with Crippen molar-refractivity contribution in [2.24, 2.45) is 5.73 Å². The van der Waals surface area contributed by atoms with E-state index < -0.39 is 0 Å². The Kier molecular flexibility index (Phi) is 3.16. The molecule has 98 valence electrons. The Morgan fingerprint density at radius 1 is 1.44 bits per heavy atom. The summed E-state index contributed by atoms with van der Waals surface area (Å²) in [6.07, 6.45) is 9.90. The molecule has 1 aromatic heterocycles. The molecular formula is C14H20N2OS. The number of nitrogens with two attached hydrogens (primary N) is 1. The van der Waals surface area contributed by atoms with Gasteiger partial charge in [-0.15, -0.1) is 0 Å². The van der Waals surface area contributed by atoms with Crippen molar-refractivity contribution in [3.05, 3.63) is 24.0 Å². The van der Waals surface area contributed by atoms with E-state index in [9.17, 15) is 0 Å². The number of rotatable bonds is 3. The first-order chi connectivity index (χ1) is 8.69. The summed E-state index contributed by atoms with van der Waals surface area (Å²) < 4.78 is 8.44. The zero-order chi connectivity index (χ0) is 12.6. The summed E-state index contributed by atoms with van der Waals surface area (Å²) in [4.78, 5) is 0.466. The molecule has 1 atom stereocenters. The van der Waals surface area contributed by atoms with E-state index in [-0.39, 0.29) is 5.60 Å². The average molecular weight is 264 g/mol. The fraction of sp³-hybridized carbons (Fsp3) is 0.643. The lowest BCUT2D eigenvalue weighted by atomic mass is 9.98. The molecule has 2 aliphatic rings. The van der Waals surface area contributed by atoms with Gasteiger partial charge in [-0.25, -0.2) is 0 Å². The second-order valence-electron chi connectivity index (χ2n) is 5.58. The molecule has 1 aromatic rings. The van der Waals surface area contributed by atoms with Crippen LogP contribution in [-0.4, -0.2) is 21.3 Å². The number of hydrogen-bond acceptors (Lipinski definition) is 2. The largest absolute Gasteiger partial charge is 0.388 e. The van der Waals surface area contributed by atoms with Crippen LogP contribution in [0.1, 0.15) is 44.2 Å². The van der Waals surface area contributed by atoms with Crippen molar-refractivity contribution in [3.63, 3.8) is 0 Å². The molecule has 0 amide bonds. The van der Waals surface area contributed by atoms with Crippen molar-refractivity contribution in [2.45, 2.75) is 56.8 Å². The summed E-state index contributed by atoms with van der Waals surface area (Å²) in [6, 6.07) is 3.97. The average Bonchev–Trinajstić information content (AvgIpc) is 3.03. The van der Waals surface area contributed by atoms with E-state index in [4.69, 9.17) is 22.7 Å². The van der Waals surface area contributed by atoms with E-state index in [0.29, 0.717) is 11.1 Å². The van der Waals surface area contributed by atoms with Crippen molar-refractivity contribution < 1.29 is 4.74 Å². The molecule has 1 saturated carbocycles. The first-order valence-corrected chi connectivity index (χ1v) is 7.22. The van der Waals surface area contributed by atoms with Gasteiger partial charge in [-0.1, -0.05) is 25.1 Å².